The van der Waals surface area contributed by atoms with Crippen molar-refractivity contribution in [3.05, 3.63) is 101 Å². The molecule has 0 saturated carbocycles. The SMILES string of the molecule is CC(NC(=O)c1cccc(CN2C(=O)c3ccccc3C2=O)c1)c1ccccn1. The summed E-state index contributed by atoms with van der Waals surface area (Å²) in [6, 6.07) is 19.0. The van der Waals surface area contributed by atoms with E-state index in [-0.39, 0.29) is 30.3 Å². The Morgan fingerprint density at radius 1 is 0.966 bits per heavy atom. The molecule has 0 spiro atoms. The Bertz CT molecular complexity index is 1060. The van der Waals surface area contributed by atoms with E-state index in [1.165, 1.54) is 4.90 Å². The number of carbonyl (C=O) groups is 3. The Hall–Kier alpha value is -3.80. The van der Waals surface area contributed by atoms with Gasteiger partial charge in [-0.25, -0.2) is 0 Å². The number of amides is 3. The number of nitrogens with one attached hydrogen (secondary N) is 1. The number of nitrogens with zero attached hydrogens (tertiary/aromatic N) is 2. The Labute approximate surface area is 168 Å². The van der Waals surface area contributed by atoms with Crippen molar-refractivity contribution < 1.29 is 14.4 Å². The van der Waals surface area contributed by atoms with Crippen LogP contribution in [0.4, 0.5) is 0 Å². The highest BCUT2D eigenvalue weighted by molar-refractivity contribution is 6.21. The lowest BCUT2D eigenvalue weighted by molar-refractivity contribution is 0.0642. The molecule has 0 aliphatic carbocycles. The van der Waals surface area contributed by atoms with Crippen LogP contribution in [0.5, 0.6) is 0 Å². The minimum atomic E-state index is -0.316. The van der Waals surface area contributed by atoms with Gasteiger partial charge in [0.15, 0.2) is 0 Å². The van der Waals surface area contributed by atoms with Crippen molar-refractivity contribution in [1.29, 1.82) is 0 Å². The molecule has 1 atom stereocenters. The Morgan fingerprint density at radius 2 is 1.66 bits per heavy atom. The summed E-state index contributed by atoms with van der Waals surface area (Å²) < 4.78 is 0. The van der Waals surface area contributed by atoms with Gasteiger partial charge < -0.3 is 5.32 Å². The van der Waals surface area contributed by atoms with Crippen molar-refractivity contribution in [2.75, 3.05) is 0 Å². The molecule has 3 aromatic rings. The predicted octanol–water partition coefficient (Wildman–Crippen LogP) is 3.37. The average molecular weight is 385 g/mol. The van der Waals surface area contributed by atoms with Gasteiger partial charge in [-0.15, -0.1) is 0 Å². The van der Waals surface area contributed by atoms with Crippen LogP contribution in [-0.2, 0) is 6.54 Å². The third kappa shape index (κ3) is 3.65. The summed E-state index contributed by atoms with van der Waals surface area (Å²) in [4.78, 5) is 43.2. The van der Waals surface area contributed by atoms with Crippen LogP contribution in [0.1, 0.15) is 55.3 Å². The molecule has 1 N–H and O–H groups in total. The van der Waals surface area contributed by atoms with Gasteiger partial charge in [-0.3, -0.25) is 24.3 Å². The molecule has 0 radical (unpaired) electrons. The van der Waals surface area contributed by atoms with Crippen molar-refractivity contribution in [2.24, 2.45) is 0 Å². The molecular formula is C23H19N3O3. The molecule has 6 heteroatoms. The molecule has 0 fully saturated rings. The summed E-state index contributed by atoms with van der Waals surface area (Å²) in [7, 11) is 0. The molecule has 1 aliphatic heterocycles. The number of imide groups is 1. The molecule has 0 saturated heterocycles. The first-order valence-corrected chi connectivity index (χ1v) is 9.30. The van der Waals surface area contributed by atoms with Crippen molar-refractivity contribution in [3.8, 4) is 0 Å². The van der Waals surface area contributed by atoms with Gasteiger partial charge in [0.05, 0.1) is 29.4 Å². The minimum absolute atomic E-state index is 0.114. The molecule has 3 amide bonds. The van der Waals surface area contributed by atoms with E-state index in [0.29, 0.717) is 22.3 Å². The first-order chi connectivity index (χ1) is 14.0. The highest BCUT2D eigenvalue weighted by atomic mass is 16.2. The van der Waals surface area contributed by atoms with Crippen LogP contribution in [-0.4, -0.2) is 27.6 Å². The van der Waals surface area contributed by atoms with E-state index in [0.717, 1.165) is 5.69 Å². The third-order valence-electron chi connectivity index (χ3n) is 4.89. The zero-order chi connectivity index (χ0) is 20.4. The summed E-state index contributed by atoms with van der Waals surface area (Å²) >= 11 is 0. The fourth-order valence-electron chi connectivity index (χ4n) is 3.36. The molecule has 2 aromatic carbocycles. The van der Waals surface area contributed by atoms with E-state index in [1.807, 2.05) is 25.1 Å². The van der Waals surface area contributed by atoms with Crippen LogP contribution >= 0.6 is 0 Å². The second-order valence-corrected chi connectivity index (χ2v) is 6.89. The van der Waals surface area contributed by atoms with Crippen LogP contribution in [0.15, 0.2) is 72.9 Å². The van der Waals surface area contributed by atoms with Crippen molar-refractivity contribution in [1.82, 2.24) is 15.2 Å². The molecule has 1 aliphatic rings. The Kier molecular flexibility index (Phi) is 4.91. The second kappa shape index (κ2) is 7.67. The van der Waals surface area contributed by atoms with Gasteiger partial charge in [0, 0.05) is 11.8 Å². The largest absolute Gasteiger partial charge is 0.344 e. The number of aromatic nitrogens is 1. The van der Waals surface area contributed by atoms with Gasteiger partial charge in [0.2, 0.25) is 0 Å². The summed E-state index contributed by atoms with van der Waals surface area (Å²) in [5.41, 5.74) is 2.76. The van der Waals surface area contributed by atoms with Gasteiger partial charge in [0.25, 0.3) is 17.7 Å². The molecule has 0 bridgehead atoms. The van der Waals surface area contributed by atoms with Crippen LogP contribution in [0.2, 0.25) is 0 Å². The van der Waals surface area contributed by atoms with E-state index in [1.54, 1.807) is 54.7 Å². The lowest BCUT2D eigenvalue weighted by Gasteiger charge is -2.16. The van der Waals surface area contributed by atoms with Gasteiger partial charge >= 0.3 is 0 Å². The zero-order valence-electron chi connectivity index (χ0n) is 15.8. The summed E-state index contributed by atoms with van der Waals surface area (Å²) in [6.45, 7) is 1.98. The number of fused-ring (bicyclic) bond motifs is 1. The zero-order valence-corrected chi connectivity index (χ0v) is 15.8. The smallest absolute Gasteiger partial charge is 0.261 e. The first kappa shape index (κ1) is 18.6. The molecule has 4 rings (SSSR count). The van der Waals surface area contributed by atoms with Gasteiger partial charge in [-0.1, -0.05) is 30.3 Å². The van der Waals surface area contributed by atoms with Crippen LogP contribution < -0.4 is 5.32 Å². The average Bonchev–Trinajstić information content (AvgIpc) is 2.99. The Balaban J connectivity index is 1.49. The first-order valence-electron chi connectivity index (χ1n) is 9.30. The highest BCUT2D eigenvalue weighted by Gasteiger charge is 2.35. The third-order valence-corrected chi connectivity index (χ3v) is 4.89. The van der Waals surface area contributed by atoms with Crippen molar-refractivity contribution in [3.63, 3.8) is 0 Å². The van der Waals surface area contributed by atoms with E-state index in [2.05, 4.69) is 10.3 Å². The molecule has 144 valence electrons. The number of hydrogen-bond donors (Lipinski definition) is 1. The lowest BCUT2D eigenvalue weighted by Crippen LogP contribution is -2.30. The van der Waals surface area contributed by atoms with Crippen molar-refractivity contribution in [2.45, 2.75) is 19.5 Å². The van der Waals surface area contributed by atoms with Crippen LogP contribution in [0.3, 0.4) is 0 Å². The fourth-order valence-corrected chi connectivity index (χ4v) is 3.36. The molecular weight excluding hydrogens is 366 g/mol. The van der Waals surface area contributed by atoms with E-state index in [4.69, 9.17) is 0 Å². The summed E-state index contributed by atoms with van der Waals surface area (Å²) in [5.74, 6) is -0.874. The van der Waals surface area contributed by atoms with Gasteiger partial charge in [-0.2, -0.15) is 0 Å². The molecule has 1 unspecified atom stereocenters. The molecule has 1 aromatic heterocycles. The lowest BCUT2D eigenvalue weighted by atomic mass is 10.1. The maximum absolute atomic E-state index is 12.6. The number of benzene rings is 2. The topological polar surface area (TPSA) is 79.4 Å². The molecule has 6 nitrogen and oxygen atoms in total. The molecule has 2 heterocycles. The maximum Gasteiger partial charge on any atom is 0.261 e. The highest BCUT2D eigenvalue weighted by Crippen LogP contribution is 2.24. The van der Waals surface area contributed by atoms with Crippen LogP contribution in [0.25, 0.3) is 0 Å². The fraction of sp³-hybridized carbons (Fsp3) is 0.130. The predicted molar refractivity (Wildman–Crippen MR) is 107 cm³/mol. The van der Waals surface area contributed by atoms with Gasteiger partial charge in [-0.05, 0) is 48.9 Å². The van der Waals surface area contributed by atoms with E-state index >= 15 is 0 Å². The Morgan fingerprint density at radius 3 is 2.31 bits per heavy atom. The molecule has 29 heavy (non-hydrogen) atoms. The normalized spacial score (nSPS) is 13.9. The quantitative estimate of drug-likeness (QED) is 0.683. The monoisotopic (exact) mass is 385 g/mol. The number of rotatable bonds is 5. The van der Waals surface area contributed by atoms with E-state index < -0.39 is 0 Å². The summed E-state index contributed by atoms with van der Waals surface area (Å²) in [5, 5.41) is 2.92. The minimum Gasteiger partial charge on any atom is -0.344 e. The number of carbonyl (C=O) groups excluding carboxylic acids is 3. The standard InChI is InChI=1S/C23H19N3O3/c1-15(20-11-4-5-12-24-20)25-21(27)17-8-6-7-16(13-17)14-26-22(28)18-9-2-3-10-19(18)23(26)29/h2-13,15H,14H2,1H3,(H,25,27). The second-order valence-electron chi connectivity index (χ2n) is 6.89. The maximum atomic E-state index is 12.6. The number of pyridine rings is 1. The van der Waals surface area contributed by atoms with Crippen LogP contribution in [0, 0.1) is 0 Å². The number of hydrogen-bond acceptors (Lipinski definition) is 4. The summed E-state index contributed by atoms with van der Waals surface area (Å²) in [6.07, 6.45) is 1.68. The van der Waals surface area contributed by atoms with Crippen molar-refractivity contribution >= 4 is 17.7 Å². The van der Waals surface area contributed by atoms with E-state index in [9.17, 15) is 14.4 Å². The van der Waals surface area contributed by atoms with Gasteiger partial charge in [0.1, 0.15) is 0 Å².